The molecule has 1 aliphatic rings. The Balaban J connectivity index is 1.57. The van der Waals surface area contributed by atoms with Gasteiger partial charge in [-0.3, -0.25) is 14.3 Å². The first-order chi connectivity index (χ1) is 9.63. The molecule has 8 nitrogen and oxygen atoms in total. The predicted molar refractivity (Wildman–Crippen MR) is 66.4 cm³/mol. The lowest BCUT2D eigenvalue weighted by molar-refractivity contribution is 0.0923. The van der Waals surface area contributed by atoms with Gasteiger partial charge in [-0.2, -0.15) is 0 Å². The maximum Gasteiger partial charge on any atom is 0.438 e. The van der Waals surface area contributed by atoms with Gasteiger partial charge in [0.15, 0.2) is 11.7 Å². The van der Waals surface area contributed by atoms with Gasteiger partial charge in [-0.05, 0) is 19.8 Å². The van der Waals surface area contributed by atoms with E-state index in [-0.39, 0.29) is 11.7 Å². The summed E-state index contributed by atoms with van der Waals surface area (Å²) in [5.74, 6) is 0.743. The fraction of sp³-hybridized carbons (Fsp3) is 0.500. The van der Waals surface area contributed by atoms with E-state index in [9.17, 15) is 9.59 Å². The van der Waals surface area contributed by atoms with Gasteiger partial charge in [0.2, 0.25) is 5.76 Å². The van der Waals surface area contributed by atoms with Gasteiger partial charge in [0, 0.05) is 18.9 Å². The highest BCUT2D eigenvalue weighted by molar-refractivity contribution is 5.92. The van der Waals surface area contributed by atoms with Crippen LogP contribution in [-0.4, -0.2) is 27.6 Å². The van der Waals surface area contributed by atoms with Gasteiger partial charge in [0.05, 0.1) is 5.69 Å². The zero-order valence-electron chi connectivity index (χ0n) is 10.9. The maximum absolute atomic E-state index is 12.0. The molecule has 2 N–H and O–H groups in total. The summed E-state index contributed by atoms with van der Waals surface area (Å²) >= 11 is 0. The average Bonchev–Trinajstić information content (AvgIpc) is 3.07. The molecule has 2 aromatic rings. The quantitative estimate of drug-likeness (QED) is 0.823. The molecule has 0 atom stereocenters. The lowest BCUT2D eigenvalue weighted by Gasteiger charge is -2.00. The molecule has 0 bridgehead atoms. The van der Waals surface area contributed by atoms with Gasteiger partial charge in [0.25, 0.3) is 5.91 Å². The Morgan fingerprint density at radius 1 is 1.50 bits per heavy atom. The Morgan fingerprint density at radius 3 is 2.95 bits per heavy atom. The molecular weight excluding hydrogens is 264 g/mol. The standard InChI is InChI=1S/C12H14N4O4/c1-6-9(19-11(14-6)7-2-3-7)10(17)13-5-4-8-15-12(18)20-16-8/h7H,2-5H2,1H3,(H,13,17)(H,15,16,18). The molecule has 106 valence electrons. The van der Waals surface area contributed by atoms with Gasteiger partial charge in [-0.25, -0.2) is 9.78 Å². The van der Waals surface area contributed by atoms with E-state index >= 15 is 0 Å². The zero-order chi connectivity index (χ0) is 14.1. The van der Waals surface area contributed by atoms with Crippen molar-refractivity contribution in [3.8, 4) is 0 Å². The van der Waals surface area contributed by atoms with Gasteiger partial charge in [-0.15, -0.1) is 0 Å². The summed E-state index contributed by atoms with van der Waals surface area (Å²) < 4.78 is 9.85. The molecule has 2 aromatic heterocycles. The fourth-order valence-electron chi connectivity index (χ4n) is 1.88. The van der Waals surface area contributed by atoms with Crippen LogP contribution in [0, 0.1) is 6.92 Å². The molecule has 1 aliphatic carbocycles. The van der Waals surface area contributed by atoms with E-state index in [0.717, 1.165) is 12.8 Å². The lowest BCUT2D eigenvalue weighted by atomic mass is 10.3. The van der Waals surface area contributed by atoms with E-state index in [2.05, 4.69) is 25.0 Å². The smallest absolute Gasteiger partial charge is 0.435 e. The van der Waals surface area contributed by atoms with Crippen LogP contribution in [0.4, 0.5) is 0 Å². The molecule has 1 fully saturated rings. The molecule has 0 spiro atoms. The number of hydrogen-bond acceptors (Lipinski definition) is 6. The number of carbonyl (C=O) groups is 1. The number of H-pyrrole nitrogens is 1. The zero-order valence-corrected chi connectivity index (χ0v) is 10.9. The number of aromatic nitrogens is 3. The average molecular weight is 278 g/mol. The van der Waals surface area contributed by atoms with E-state index in [0.29, 0.717) is 36.3 Å². The van der Waals surface area contributed by atoms with Crippen LogP contribution in [0.25, 0.3) is 0 Å². The van der Waals surface area contributed by atoms with Gasteiger partial charge < -0.3 is 9.73 Å². The number of nitrogens with zero attached hydrogens (tertiary/aromatic N) is 2. The minimum Gasteiger partial charge on any atom is -0.435 e. The summed E-state index contributed by atoms with van der Waals surface area (Å²) in [6.07, 6.45) is 2.52. The van der Waals surface area contributed by atoms with Crippen LogP contribution >= 0.6 is 0 Å². The number of hydrogen-bond donors (Lipinski definition) is 2. The van der Waals surface area contributed by atoms with Gasteiger partial charge in [0.1, 0.15) is 0 Å². The summed E-state index contributed by atoms with van der Waals surface area (Å²) in [4.78, 5) is 29.4. The summed E-state index contributed by atoms with van der Waals surface area (Å²) in [7, 11) is 0. The van der Waals surface area contributed by atoms with Crippen LogP contribution in [0.5, 0.6) is 0 Å². The normalized spacial score (nSPS) is 14.4. The SMILES string of the molecule is Cc1nc(C2CC2)oc1C(=O)NCCc1noc(=O)[nH]1. The molecule has 2 heterocycles. The van der Waals surface area contributed by atoms with Crippen LogP contribution in [0.15, 0.2) is 13.7 Å². The van der Waals surface area contributed by atoms with Crippen LogP contribution in [0.3, 0.4) is 0 Å². The highest BCUT2D eigenvalue weighted by Gasteiger charge is 2.30. The second kappa shape index (κ2) is 4.95. The van der Waals surface area contributed by atoms with Crippen molar-refractivity contribution in [3.63, 3.8) is 0 Å². The number of aromatic amines is 1. The minimum absolute atomic E-state index is 0.251. The topological polar surface area (TPSA) is 114 Å². The summed E-state index contributed by atoms with van der Waals surface area (Å²) in [6, 6.07) is 0. The molecule has 0 unspecified atom stereocenters. The van der Waals surface area contributed by atoms with E-state index in [1.807, 2.05) is 0 Å². The third kappa shape index (κ3) is 2.63. The Morgan fingerprint density at radius 2 is 2.30 bits per heavy atom. The highest BCUT2D eigenvalue weighted by Crippen LogP contribution is 2.39. The Bertz CT molecular complexity index is 680. The number of oxazole rings is 1. The molecule has 3 rings (SSSR count). The van der Waals surface area contributed by atoms with Crippen molar-refractivity contribution in [2.75, 3.05) is 6.54 Å². The van der Waals surface area contributed by atoms with Crippen molar-refractivity contribution in [3.05, 3.63) is 33.7 Å². The van der Waals surface area contributed by atoms with Crippen LogP contribution in [0.1, 0.15) is 46.7 Å². The molecular formula is C12H14N4O4. The Kier molecular flexibility index (Phi) is 3.13. The van der Waals surface area contributed by atoms with Gasteiger partial charge in [-0.1, -0.05) is 5.16 Å². The number of amides is 1. The Hall–Kier alpha value is -2.38. The Labute approximate surface area is 113 Å². The first-order valence-corrected chi connectivity index (χ1v) is 6.44. The second-order valence-electron chi connectivity index (χ2n) is 4.79. The molecule has 1 amide bonds. The molecule has 0 radical (unpaired) electrons. The van der Waals surface area contributed by atoms with E-state index in [4.69, 9.17) is 4.42 Å². The number of rotatable bonds is 5. The van der Waals surface area contributed by atoms with Crippen molar-refractivity contribution >= 4 is 5.91 Å². The van der Waals surface area contributed by atoms with Gasteiger partial charge >= 0.3 is 5.76 Å². The number of nitrogens with one attached hydrogen (secondary N) is 2. The van der Waals surface area contributed by atoms with E-state index in [1.165, 1.54) is 0 Å². The number of aryl methyl sites for hydroxylation is 1. The molecule has 0 aliphatic heterocycles. The summed E-state index contributed by atoms with van der Waals surface area (Å²) in [6.45, 7) is 2.07. The molecule has 20 heavy (non-hydrogen) atoms. The minimum atomic E-state index is -0.605. The monoisotopic (exact) mass is 278 g/mol. The predicted octanol–water partition coefficient (Wildman–Crippen LogP) is 0.509. The van der Waals surface area contributed by atoms with Crippen molar-refractivity contribution < 1.29 is 13.7 Å². The van der Waals surface area contributed by atoms with Crippen molar-refractivity contribution in [2.24, 2.45) is 0 Å². The highest BCUT2D eigenvalue weighted by atomic mass is 16.5. The van der Waals surface area contributed by atoms with E-state index in [1.54, 1.807) is 6.92 Å². The maximum atomic E-state index is 12.0. The summed E-state index contributed by atoms with van der Waals surface area (Å²) in [5.41, 5.74) is 0.597. The largest absolute Gasteiger partial charge is 0.438 e. The van der Waals surface area contributed by atoms with E-state index < -0.39 is 5.76 Å². The molecule has 1 saturated carbocycles. The molecule has 0 saturated heterocycles. The van der Waals surface area contributed by atoms with Crippen molar-refractivity contribution in [1.29, 1.82) is 0 Å². The third-order valence-electron chi connectivity index (χ3n) is 3.08. The van der Waals surface area contributed by atoms with Crippen molar-refractivity contribution in [1.82, 2.24) is 20.4 Å². The summed E-state index contributed by atoms with van der Waals surface area (Å²) in [5, 5.41) is 6.20. The number of carbonyl (C=O) groups excluding carboxylic acids is 1. The van der Waals surface area contributed by atoms with Crippen LogP contribution in [0.2, 0.25) is 0 Å². The fourth-order valence-corrected chi connectivity index (χ4v) is 1.88. The first kappa shape index (κ1) is 12.6. The van der Waals surface area contributed by atoms with Crippen LogP contribution in [-0.2, 0) is 6.42 Å². The lowest BCUT2D eigenvalue weighted by Crippen LogP contribution is -2.26. The molecule has 0 aromatic carbocycles. The third-order valence-corrected chi connectivity index (χ3v) is 3.08. The van der Waals surface area contributed by atoms with Crippen molar-refractivity contribution in [2.45, 2.75) is 32.1 Å². The molecule has 8 heteroatoms. The van der Waals surface area contributed by atoms with Crippen LogP contribution < -0.4 is 11.1 Å². The second-order valence-corrected chi connectivity index (χ2v) is 4.79. The first-order valence-electron chi connectivity index (χ1n) is 6.44.